The maximum atomic E-state index is 13.3. The van der Waals surface area contributed by atoms with Gasteiger partial charge in [-0.2, -0.15) is 0 Å². The first-order valence-corrected chi connectivity index (χ1v) is 9.66. The third-order valence-corrected chi connectivity index (χ3v) is 5.20. The fourth-order valence-corrected chi connectivity index (χ4v) is 3.40. The second-order valence-corrected chi connectivity index (χ2v) is 7.07. The third kappa shape index (κ3) is 4.16. The van der Waals surface area contributed by atoms with E-state index >= 15 is 0 Å². The molecule has 0 atom stereocenters. The first-order valence-electron chi connectivity index (χ1n) is 8.91. The van der Waals surface area contributed by atoms with E-state index in [-0.39, 0.29) is 23.7 Å². The summed E-state index contributed by atoms with van der Waals surface area (Å²) in [6, 6.07) is 12.0. The van der Waals surface area contributed by atoms with E-state index in [0.717, 1.165) is 0 Å². The highest BCUT2D eigenvalue weighted by Gasteiger charge is 2.38. The second-order valence-electron chi connectivity index (χ2n) is 6.25. The Labute approximate surface area is 179 Å². The lowest BCUT2D eigenvalue weighted by atomic mass is 10.0. The number of allylic oxidation sites excluding steroid dienone is 1. The van der Waals surface area contributed by atoms with Gasteiger partial charge in [-0.25, -0.2) is 4.79 Å². The number of anilines is 1. The van der Waals surface area contributed by atoms with Gasteiger partial charge in [-0.1, -0.05) is 29.3 Å². The van der Waals surface area contributed by atoms with Crippen molar-refractivity contribution in [3.63, 3.8) is 0 Å². The van der Waals surface area contributed by atoms with Crippen LogP contribution in [0.25, 0.3) is 6.08 Å². The van der Waals surface area contributed by atoms with Crippen LogP contribution in [0.4, 0.5) is 5.69 Å². The molecule has 2 aromatic carbocycles. The molecule has 0 aromatic heterocycles. The van der Waals surface area contributed by atoms with Gasteiger partial charge in [0.1, 0.15) is 5.75 Å². The van der Waals surface area contributed by atoms with Gasteiger partial charge in [-0.15, -0.1) is 0 Å². The van der Waals surface area contributed by atoms with Crippen LogP contribution in [0.1, 0.15) is 19.4 Å². The minimum atomic E-state index is -0.555. The van der Waals surface area contributed by atoms with Crippen LogP contribution in [0.2, 0.25) is 10.0 Å². The van der Waals surface area contributed by atoms with Crippen molar-refractivity contribution in [3.05, 3.63) is 74.9 Å². The van der Waals surface area contributed by atoms with Gasteiger partial charge in [0.05, 0.1) is 34.9 Å². The number of halogens is 2. The molecule has 5 nitrogen and oxygen atoms in total. The molecule has 29 heavy (non-hydrogen) atoms. The monoisotopic (exact) mass is 431 g/mol. The summed E-state index contributed by atoms with van der Waals surface area (Å²) >= 11 is 12.1. The molecule has 3 rings (SSSR count). The Hall–Kier alpha value is -2.76. The summed E-state index contributed by atoms with van der Waals surface area (Å²) in [6.07, 6.45) is 1.61. The van der Waals surface area contributed by atoms with Crippen LogP contribution in [0, 0.1) is 0 Å². The van der Waals surface area contributed by atoms with Gasteiger partial charge in [-0.3, -0.25) is 9.69 Å². The van der Waals surface area contributed by atoms with E-state index in [4.69, 9.17) is 32.7 Å². The third-order valence-electron chi connectivity index (χ3n) is 4.46. The van der Waals surface area contributed by atoms with E-state index < -0.39 is 5.97 Å². The molecule has 1 amide bonds. The molecule has 0 radical (unpaired) electrons. The van der Waals surface area contributed by atoms with Gasteiger partial charge in [-0.05, 0) is 61.9 Å². The Bertz CT molecular complexity index is 1030. The van der Waals surface area contributed by atoms with Gasteiger partial charge in [0.15, 0.2) is 0 Å². The molecular weight excluding hydrogens is 413 g/mol. The van der Waals surface area contributed by atoms with Gasteiger partial charge in [0.25, 0.3) is 5.91 Å². The lowest BCUT2D eigenvalue weighted by Crippen LogP contribution is -2.24. The standard InChI is InChI=1S/C22H19Cl2NO4/c1-4-29-22(27)20-13(2)25(15-6-8-16(28-3)9-7-15)21(26)17(20)11-14-5-10-18(23)19(24)12-14/h5-12H,4H2,1-3H3. The summed E-state index contributed by atoms with van der Waals surface area (Å²) in [4.78, 5) is 27.4. The van der Waals surface area contributed by atoms with Crippen LogP contribution in [-0.4, -0.2) is 25.6 Å². The number of methoxy groups -OCH3 is 1. The Balaban J connectivity index is 2.11. The number of esters is 1. The van der Waals surface area contributed by atoms with E-state index in [1.165, 1.54) is 4.90 Å². The van der Waals surface area contributed by atoms with Crippen molar-refractivity contribution in [1.82, 2.24) is 0 Å². The summed E-state index contributed by atoms with van der Waals surface area (Å²) in [5.74, 6) is -0.221. The number of hydrogen-bond donors (Lipinski definition) is 0. The average molecular weight is 432 g/mol. The van der Waals surface area contributed by atoms with E-state index in [1.54, 1.807) is 69.5 Å². The second kappa shape index (κ2) is 8.72. The quantitative estimate of drug-likeness (QED) is 0.477. The average Bonchev–Trinajstić information content (AvgIpc) is 2.95. The summed E-state index contributed by atoms with van der Waals surface area (Å²) < 4.78 is 10.4. The molecule has 7 heteroatoms. The van der Waals surface area contributed by atoms with Crippen LogP contribution in [0.3, 0.4) is 0 Å². The van der Waals surface area contributed by atoms with Crippen LogP contribution >= 0.6 is 23.2 Å². The Morgan fingerprint density at radius 3 is 2.38 bits per heavy atom. The first kappa shape index (κ1) is 21.0. The zero-order valence-corrected chi connectivity index (χ0v) is 17.7. The van der Waals surface area contributed by atoms with Crippen molar-refractivity contribution in [2.24, 2.45) is 0 Å². The number of carbonyl (C=O) groups excluding carboxylic acids is 2. The van der Waals surface area contributed by atoms with Crippen molar-refractivity contribution < 1.29 is 19.1 Å². The molecule has 0 fully saturated rings. The lowest BCUT2D eigenvalue weighted by Gasteiger charge is -2.18. The van der Waals surface area contributed by atoms with Gasteiger partial charge >= 0.3 is 5.97 Å². The summed E-state index contributed by atoms with van der Waals surface area (Å²) in [5, 5.41) is 0.764. The topological polar surface area (TPSA) is 55.8 Å². The van der Waals surface area contributed by atoms with E-state index in [9.17, 15) is 9.59 Å². The number of ether oxygens (including phenoxy) is 2. The molecule has 0 bridgehead atoms. The fraction of sp³-hybridized carbons (Fsp3) is 0.182. The number of carbonyl (C=O) groups is 2. The summed E-state index contributed by atoms with van der Waals surface area (Å²) in [5.41, 5.74) is 2.21. The summed E-state index contributed by atoms with van der Waals surface area (Å²) in [7, 11) is 1.57. The molecule has 150 valence electrons. The molecule has 0 unspecified atom stereocenters. The number of amides is 1. The normalized spacial score (nSPS) is 15.3. The SMILES string of the molecule is CCOC(=O)C1=C(C)N(c2ccc(OC)cc2)C(=O)C1=Cc1ccc(Cl)c(Cl)c1. The van der Waals surface area contributed by atoms with Crippen molar-refractivity contribution in [3.8, 4) is 5.75 Å². The van der Waals surface area contributed by atoms with Gasteiger partial charge in [0.2, 0.25) is 0 Å². The largest absolute Gasteiger partial charge is 0.497 e. The lowest BCUT2D eigenvalue weighted by molar-refractivity contribution is -0.138. The van der Waals surface area contributed by atoms with E-state index in [1.807, 2.05) is 0 Å². The fourth-order valence-electron chi connectivity index (χ4n) is 3.09. The molecule has 0 saturated heterocycles. The Kier molecular flexibility index (Phi) is 6.30. The Morgan fingerprint density at radius 2 is 1.79 bits per heavy atom. The highest BCUT2D eigenvalue weighted by atomic mass is 35.5. The molecule has 0 aliphatic carbocycles. The molecule has 0 spiro atoms. The zero-order chi connectivity index (χ0) is 21.1. The minimum Gasteiger partial charge on any atom is -0.497 e. The molecular formula is C22H19Cl2NO4. The van der Waals surface area contributed by atoms with Crippen LogP contribution in [0.15, 0.2) is 59.3 Å². The molecule has 1 aliphatic heterocycles. The highest BCUT2D eigenvalue weighted by Crippen LogP contribution is 2.36. The maximum Gasteiger partial charge on any atom is 0.340 e. The van der Waals surface area contributed by atoms with Crippen molar-refractivity contribution in [2.45, 2.75) is 13.8 Å². The predicted octanol–water partition coefficient (Wildman–Crippen LogP) is 5.27. The molecule has 0 N–H and O–H groups in total. The Morgan fingerprint density at radius 1 is 1.10 bits per heavy atom. The van der Waals surface area contributed by atoms with Crippen LogP contribution < -0.4 is 9.64 Å². The van der Waals surface area contributed by atoms with Crippen molar-refractivity contribution in [1.29, 1.82) is 0 Å². The number of benzene rings is 2. The van der Waals surface area contributed by atoms with E-state index in [2.05, 4.69) is 0 Å². The predicted molar refractivity (Wildman–Crippen MR) is 114 cm³/mol. The van der Waals surface area contributed by atoms with Crippen LogP contribution in [-0.2, 0) is 14.3 Å². The zero-order valence-electron chi connectivity index (χ0n) is 16.2. The number of nitrogens with zero attached hydrogens (tertiary/aromatic N) is 1. The summed E-state index contributed by atoms with van der Waals surface area (Å²) in [6.45, 7) is 3.63. The maximum absolute atomic E-state index is 13.3. The minimum absolute atomic E-state index is 0.201. The van der Waals surface area contributed by atoms with Gasteiger partial charge < -0.3 is 9.47 Å². The molecule has 0 saturated carbocycles. The highest BCUT2D eigenvalue weighted by molar-refractivity contribution is 6.42. The van der Waals surface area contributed by atoms with Gasteiger partial charge in [0, 0.05) is 11.4 Å². The van der Waals surface area contributed by atoms with Crippen LogP contribution in [0.5, 0.6) is 5.75 Å². The first-order chi connectivity index (χ1) is 13.9. The number of hydrogen-bond acceptors (Lipinski definition) is 4. The smallest absolute Gasteiger partial charge is 0.340 e. The number of rotatable bonds is 5. The van der Waals surface area contributed by atoms with Crippen molar-refractivity contribution >= 4 is 46.8 Å². The van der Waals surface area contributed by atoms with E-state index in [0.29, 0.717) is 32.7 Å². The molecule has 1 aliphatic rings. The van der Waals surface area contributed by atoms with Crippen molar-refractivity contribution in [2.75, 3.05) is 18.6 Å². The molecule has 2 aromatic rings. The molecule has 1 heterocycles.